The molecule has 2 aliphatic heterocycles. The molecule has 0 aliphatic carbocycles. The minimum Gasteiger partial charge on any atom is -0.475 e. The maximum Gasteiger partial charge on any atom is 0.490 e. The Morgan fingerprint density at radius 3 is 2.43 bits per heavy atom. The summed E-state index contributed by atoms with van der Waals surface area (Å²) in [6.45, 7) is 3.75. The Balaban J connectivity index is 0.000000396. The third-order valence-electron chi connectivity index (χ3n) is 4.89. The zero-order valence-corrected chi connectivity index (χ0v) is 16.5. The van der Waals surface area contributed by atoms with Crippen LogP contribution >= 0.6 is 0 Å². The van der Waals surface area contributed by atoms with Gasteiger partial charge in [0, 0.05) is 32.2 Å². The minimum atomic E-state index is -5.08. The number of amides is 2. The highest BCUT2D eigenvalue weighted by Gasteiger charge is 2.40. The van der Waals surface area contributed by atoms with E-state index in [1.54, 1.807) is 17.9 Å². The number of aryl methyl sites for hydroxylation is 1. The van der Waals surface area contributed by atoms with Gasteiger partial charge in [-0.25, -0.2) is 4.79 Å². The first-order chi connectivity index (χ1) is 13.9. The molecule has 2 fully saturated rings. The van der Waals surface area contributed by atoms with E-state index in [1.165, 1.54) is 0 Å². The molecule has 1 aromatic rings. The summed E-state index contributed by atoms with van der Waals surface area (Å²) >= 11 is 0. The smallest absolute Gasteiger partial charge is 0.475 e. The number of rotatable bonds is 4. The van der Waals surface area contributed by atoms with Gasteiger partial charge >= 0.3 is 12.1 Å². The Morgan fingerprint density at radius 2 is 1.93 bits per heavy atom. The van der Waals surface area contributed by atoms with E-state index >= 15 is 0 Å². The second-order valence-electron chi connectivity index (χ2n) is 7.23. The summed E-state index contributed by atoms with van der Waals surface area (Å²) < 4.78 is 37.1. The molecule has 12 heteroatoms. The topological polar surface area (TPSA) is 123 Å². The summed E-state index contributed by atoms with van der Waals surface area (Å²) in [5.74, 6) is -2.21. The second kappa shape index (κ2) is 9.47. The average Bonchev–Trinajstić information content (AvgIpc) is 3.01. The molecule has 3 N–H and O–H groups in total. The Kier molecular flexibility index (Phi) is 7.48. The number of piperidine rings is 1. The molecular weight excluding hydrogens is 411 g/mol. The van der Waals surface area contributed by atoms with Gasteiger partial charge in [-0.15, -0.1) is 0 Å². The van der Waals surface area contributed by atoms with E-state index in [1.807, 2.05) is 7.05 Å². The summed E-state index contributed by atoms with van der Waals surface area (Å²) in [5.41, 5.74) is 0.715. The van der Waals surface area contributed by atoms with E-state index in [-0.39, 0.29) is 36.3 Å². The number of carboxylic acid groups (broad SMARTS) is 1. The number of aliphatic hydroxyl groups excluding tert-OH is 1. The van der Waals surface area contributed by atoms with Crippen LogP contribution in [0.5, 0.6) is 0 Å². The van der Waals surface area contributed by atoms with Gasteiger partial charge in [0.2, 0.25) is 5.91 Å². The lowest BCUT2D eigenvalue weighted by Gasteiger charge is -2.46. The van der Waals surface area contributed by atoms with E-state index in [9.17, 15) is 22.8 Å². The molecule has 1 aromatic heterocycles. The number of halogens is 3. The van der Waals surface area contributed by atoms with Gasteiger partial charge < -0.3 is 24.8 Å². The van der Waals surface area contributed by atoms with Gasteiger partial charge in [0.1, 0.15) is 12.4 Å². The molecule has 2 amide bonds. The van der Waals surface area contributed by atoms with Crippen LogP contribution in [0, 0.1) is 6.92 Å². The monoisotopic (exact) mass is 435 g/mol. The second-order valence-corrected chi connectivity index (χ2v) is 7.23. The Hall–Kier alpha value is -2.60. The quantitative estimate of drug-likeness (QED) is 0.638. The van der Waals surface area contributed by atoms with E-state index in [0.29, 0.717) is 24.4 Å². The Morgan fingerprint density at radius 1 is 1.33 bits per heavy atom. The first-order valence-electron chi connectivity index (χ1n) is 9.24. The molecular formula is C18H24F3N3O6. The van der Waals surface area contributed by atoms with Crippen molar-refractivity contribution in [3.63, 3.8) is 0 Å². The Labute approximate surface area is 170 Å². The number of aliphatic hydroxyl groups is 1. The van der Waals surface area contributed by atoms with Crippen LogP contribution in [0.3, 0.4) is 0 Å². The molecule has 168 valence electrons. The fraction of sp³-hybridized carbons (Fsp3) is 0.611. The molecule has 3 heterocycles. The maximum atomic E-state index is 12.2. The van der Waals surface area contributed by atoms with Gasteiger partial charge in [0.25, 0.3) is 5.91 Å². The molecule has 1 atom stereocenters. The lowest BCUT2D eigenvalue weighted by molar-refractivity contribution is -0.192. The van der Waals surface area contributed by atoms with Gasteiger partial charge in [-0.2, -0.15) is 13.2 Å². The average molecular weight is 435 g/mol. The number of alkyl halides is 3. The van der Waals surface area contributed by atoms with Crippen molar-refractivity contribution in [2.75, 3.05) is 26.7 Å². The molecule has 0 radical (unpaired) electrons. The van der Waals surface area contributed by atoms with E-state index in [2.05, 4.69) is 10.2 Å². The largest absolute Gasteiger partial charge is 0.490 e. The van der Waals surface area contributed by atoms with E-state index < -0.39 is 12.1 Å². The first kappa shape index (κ1) is 23.7. The predicted molar refractivity (Wildman–Crippen MR) is 96.5 cm³/mol. The summed E-state index contributed by atoms with van der Waals surface area (Å²) in [4.78, 5) is 37.2. The lowest BCUT2D eigenvalue weighted by Crippen LogP contribution is -2.65. The fourth-order valence-electron chi connectivity index (χ4n) is 3.31. The van der Waals surface area contributed by atoms with Crippen molar-refractivity contribution in [2.24, 2.45) is 0 Å². The van der Waals surface area contributed by atoms with Crippen molar-refractivity contribution < 1.29 is 42.2 Å². The molecule has 2 saturated heterocycles. The normalized spacial score (nSPS) is 20.3. The summed E-state index contributed by atoms with van der Waals surface area (Å²) in [7, 11) is 1.84. The number of furan rings is 1. The Bertz CT molecular complexity index is 789. The number of likely N-dealkylation sites (tertiary alicyclic amines) is 2. The van der Waals surface area contributed by atoms with Gasteiger partial charge in [-0.1, -0.05) is 0 Å². The van der Waals surface area contributed by atoms with Crippen LogP contribution in [0.1, 0.15) is 34.7 Å². The molecule has 0 saturated carbocycles. The van der Waals surface area contributed by atoms with Gasteiger partial charge in [0.15, 0.2) is 5.76 Å². The van der Waals surface area contributed by atoms with E-state index in [4.69, 9.17) is 19.4 Å². The summed E-state index contributed by atoms with van der Waals surface area (Å²) in [6.07, 6.45) is -3.17. The number of carbonyl (C=O) groups is 3. The predicted octanol–water partition coefficient (Wildman–Crippen LogP) is 0.748. The number of aliphatic carboxylic acids is 1. The molecule has 2 aliphatic rings. The van der Waals surface area contributed by atoms with Crippen molar-refractivity contribution in [3.8, 4) is 0 Å². The molecule has 30 heavy (non-hydrogen) atoms. The van der Waals surface area contributed by atoms with Crippen LogP contribution in [0.2, 0.25) is 0 Å². The first-order valence-corrected chi connectivity index (χ1v) is 9.24. The van der Waals surface area contributed by atoms with Crippen molar-refractivity contribution in [1.29, 1.82) is 0 Å². The maximum absolute atomic E-state index is 12.2. The highest BCUT2D eigenvalue weighted by molar-refractivity contribution is 5.93. The number of nitrogens with zero attached hydrogens (tertiary/aromatic N) is 2. The van der Waals surface area contributed by atoms with Crippen LogP contribution in [0.4, 0.5) is 13.2 Å². The van der Waals surface area contributed by atoms with Crippen molar-refractivity contribution in [2.45, 2.75) is 44.6 Å². The summed E-state index contributed by atoms with van der Waals surface area (Å²) in [5, 5.41) is 19.1. The number of carbonyl (C=O) groups excluding carboxylic acids is 2. The standard InChI is InChI=1S/C16H23N3O4.C2HF3O2/c1-10-6-12(9-20)23-14(10)15(21)17-11-7-19(8-11)13-4-3-5-18(2)16(13)22;3-2(4,5)1(6)7/h6,11,13,20H,3-5,7-9H2,1-2H3,(H,17,21);(H,6,7). The third kappa shape index (κ3) is 5.72. The SMILES string of the molecule is Cc1cc(CO)oc1C(=O)NC1CN(C2CCCN(C)C2=O)C1.O=C(O)C(F)(F)F. The highest BCUT2D eigenvalue weighted by atomic mass is 19.4. The van der Waals surface area contributed by atoms with Crippen LogP contribution in [0.25, 0.3) is 0 Å². The molecule has 1 unspecified atom stereocenters. The number of hydrogen-bond acceptors (Lipinski definition) is 6. The van der Waals surface area contributed by atoms with Gasteiger partial charge in [-0.3, -0.25) is 14.5 Å². The minimum absolute atomic E-state index is 0.0320. The fourth-order valence-corrected chi connectivity index (χ4v) is 3.31. The molecule has 0 spiro atoms. The molecule has 3 rings (SSSR count). The number of likely N-dealkylation sites (N-methyl/N-ethyl adjacent to an activating group) is 1. The van der Waals surface area contributed by atoms with E-state index in [0.717, 1.165) is 19.4 Å². The molecule has 0 bridgehead atoms. The van der Waals surface area contributed by atoms with Crippen molar-refractivity contribution >= 4 is 17.8 Å². The van der Waals surface area contributed by atoms with Crippen LogP contribution in [0.15, 0.2) is 10.5 Å². The molecule has 0 aromatic carbocycles. The van der Waals surface area contributed by atoms with Crippen LogP contribution in [-0.4, -0.2) is 82.7 Å². The third-order valence-corrected chi connectivity index (χ3v) is 4.89. The van der Waals surface area contributed by atoms with Crippen LogP contribution < -0.4 is 5.32 Å². The molecule has 9 nitrogen and oxygen atoms in total. The number of carboxylic acids is 1. The lowest BCUT2D eigenvalue weighted by atomic mass is 9.98. The van der Waals surface area contributed by atoms with Gasteiger partial charge in [-0.05, 0) is 25.8 Å². The van der Waals surface area contributed by atoms with Gasteiger partial charge in [0.05, 0.1) is 12.1 Å². The number of hydrogen-bond donors (Lipinski definition) is 3. The highest BCUT2D eigenvalue weighted by Crippen LogP contribution is 2.22. The zero-order chi connectivity index (χ0) is 22.6. The van der Waals surface area contributed by atoms with Crippen molar-refractivity contribution in [3.05, 3.63) is 23.2 Å². The van der Waals surface area contributed by atoms with Crippen LogP contribution in [-0.2, 0) is 16.2 Å². The number of nitrogens with one attached hydrogen (secondary N) is 1. The summed E-state index contributed by atoms with van der Waals surface area (Å²) in [6, 6.07) is 1.65. The zero-order valence-electron chi connectivity index (χ0n) is 16.5. The van der Waals surface area contributed by atoms with Crippen molar-refractivity contribution in [1.82, 2.24) is 15.1 Å².